The fourth-order valence-electron chi connectivity index (χ4n) is 4.00. The zero-order valence-electron chi connectivity index (χ0n) is 15.7. The standard InChI is InChI=1S/C20H27N3O3/c1-13-8-4-5-10-15(13)18-17(19(24)26-3)16(21-20(25)22-18)12-23-11-7-6-9-14(23)2/h4-5,8,10,14,18H,6-7,9,11-12H2,1-3H3,(H2,21,22,25)/p+1/t14-,18-/m1/s1. The highest BCUT2D eigenvalue weighted by Crippen LogP contribution is 2.29. The SMILES string of the molecule is COC(=O)C1=C(C[NH+]2CCCC[C@H]2C)NC(=O)N[C@@H]1c1ccccc1C. The van der Waals surface area contributed by atoms with Crippen LogP contribution in [0.1, 0.15) is 43.4 Å². The third-order valence-corrected chi connectivity index (χ3v) is 5.54. The van der Waals surface area contributed by atoms with Gasteiger partial charge < -0.3 is 20.3 Å². The quantitative estimate of drug-likeness (QED) is 0.709. The highest BCUT2D eigenvalue weighted by atomic mass is 16.5. The number of hydrogen-bond donors (Lipinski definition) is 3. The number of urea groups is 1. The highest BCUT2D eigenvalue weighted by molar-refractivity contribution is 5.95. The van der Waals surface area contributed by atoms with Crippen LogP contribution in [0.5, 0.6) is 0 Å². The first-order chi connectivity index (χ1) is 12.5. The third kappa shape index (κ3) is 3.75. The van der Waals surface area contributed by atoms with Crippen LogP contribution in [0.2, 0.25) is 0 Å². The highest BCUT2D eigenvalue weighted by Gasteiger charge is 2.36. The molecule has 2 aliphatic heterocycles. The summed E-state index contributed by atoms with van der Waals surface area (Å²) >= 11 is 0. The van der Waals surface area contributed by atoms with Gasteiger partial charge in [0.05, 0.1) is 37.0 Å². The molecular formula is C20H28N3O3+. The van der Waals surface area contributed by atoms with Crippen LogP contribution in [0.15, 0.2) is 35.5 Å². The van der Waals surface area contributed by atoms with Crippen LogP contribution in [0.25, 0.3) is 0 Å². The second kappa shape index (κ2) is 7.91. The van der Waals surface area contributed by atoms with Gasteiger partial charge in [0, 0.05) is 0 Å². The molecule has 2 aliphatic rings. The number of rotatable bonds is 4. The Bertz CT molecular complexity index is 729. The molecule has 0 radical (unpaired) electrons. The Morgan fingerprint density at radius 3 is 2.77 bits per heavy atom. The number of likely N-dealkylation sites (tertiary alicyclic amines) is 1. The second-order valence-electron chi connectivity index (χ2n) is 7.25. The van der Waals surface area contributed by atoms with Gasteiger partial charge in [-0.25, -0.2) is 9.59 Å². The van der Waals surface area contributed by atoms with Crippen LogP contribution in [-0.2, 0) is 9.53 Å². The van der Waals surface area contributed by atoms with Crippen molar-refractivity contribution in [2.24, 2.45) is 0 Å². The van der Waals surface area contributed by atoms with Gasteiger partial charge in [0.25, 0.3) is 0 Å². The van der Waals surface area contributed by atoms with Gasteiger partial charge in [-0.05, 0) is 44.2 Å². The van der Waals surface area contributed by atoms with Crippen molar-refractivity contribution in [2.45, 2.75) is 45.2 Å². The predicted molar refractivity (Wildman–Crippen MR) is 98.6 cm³/mol. The summed E-state index contributed by atoms with van der Waals surface area (Å²) in [6.45, 7) is 5.89. The maximum absolute atomic E-state index is 12.6. The zero-order valence-corrected chi connectivity index (χ0v) is 15.7. The minimum absolute atomic E-state index is 0.273. The summed E-state index contributed by atoms with van der Waals surface area (Å²) in [5.74, 6) is -0.398. The summed E-state index contributed by atoms with van der Waals surface area (Å²) in [5, 5.41) is 5.78. The van der Waals surface area contributed by atoms with Crippen molar-refractivity contribution in [1.29, 1.82) is 0 Å². The van der Waals surface area contributed by atoms with E-state index in [1.807, 2.05) is 31.2 Å². The lowest BCUT2D eigenvalue weighted by Crippen LogP contribution is -3.16. The largest absolute Gasteiger partial charge is 0.466 e. The molecule has 3 N–H and O–H groups in total. The summed E-state index contributed by atoms with van der Waals surface area (Å²) < 4.78 is 5.07. The predicted octanol–water partition coefficient (Wildman–Crippen LogP) is 1.23. The van der Waals surface area contributed by atoms with Gasteiger partial charge in [-0.15, -0.1) is 0 Å². The minimum Gasteiger partial charge on any atom is -0.466 e. The molecule has 0 aromatic heterocycles. The smallest absolute Gasteiger partial charge is 0.338 e. The molecule has 26 heavy (non-hydrogen) atoms. The van der Waals surface area contributed by atoms with E-state index in [4.69, 9.17) is 4.74 Å². The second-order valence-corrected chi connectivity index (χ2v) is 7.25. The number of carbonyl (C=O) groups excluding carboxylic acids is 2. The zero-order chi connectivity index (χ0) is 18.7. The molecule has 3 atom stereocenters. The molecule has 1 aromatic carbocycles. The lowest BCUT2D eigenvalue weighted by Gasteiger charge is -2.34. The summed E-state index contributed by atoms with van der Waals surface area (Å²) in [7, 11) is 1.38. The number of methoxy groups -OCH3 is 1. The maximum Gasteiger partial charge on any atom is 0.338 e. The molecule has 2 amide bonds. The van der Waals surface area contributed by atoms with E-state index in [0.29, 0.717) is 23.9 Å². The van der Waals surface area contributed by atoms with Gasteiger partial charge in [0.2, 0.25) is 0 Å². The Kier molecular flexibility index (Phi) is 5.61. The average Bonchev–Trinajstić information content (AvgIpc) is 2.63. The molecule has 1 fully saturated rings. The Balaban J connectivity index is 2.01. The molecule has 3 rings (SSSR count). The van der Waals surface area contributed by atoms with Gasteiger partial charge in [-0.3, -0.25) is 0 Å². The molecule has 1 unspecified atom stereocenters. The Labute approximate surface area is 154 Å². The summed E-state index contributed by atoms with van der Waals surface area (Å²) in [5.41, 5.74) is 3.13. The summed E-state index contributed by atoms with van der Waals surface area (Å²) in [4.78, 5) is 26.4. The summed E-state index contributed by atoms with van der Waals surface area (Å²) in [6.07, 6.45) is 3.59. The number of amides is 2. The number of nitrogens with one attached hydrogen (secondary N) is 3. The van der Waals surface area contributed by atoms with E-state index in [0.717, 1.165) is 17.7 Å². The maximum atomic E-state index is 12.6. The lowest BCUT2D eigenvalue weighted by molar-refractivity contribution is -0.924. The van der Waals surface area contributed by atoms with Crippen molar-refractivity contribution in [3.8, 4) is 0 Å². The number of piperidine rings is 1. The molecular weight excluding hydrogens is 330 g/mol. The monoisotopic (exact) mass is 358 g/mol. The van der Waals surface area contributed by atoms with Gasteiger partial charge in [-0.1, -0.05) is 24.3 Å². The van der Waals surface area contributed by atoms with Gasteiger partial charge in [0.15, 0.2) is 0 Å². The molecule has 1 saturated heterocycles. The molecule has 6 heteroatoms. The molecule has 0 spiro atoms. The Hall–Kier alpha value is -2.34. The fourth-order valence-corrected chi connectivity index (χ4v) is 4.00. The first kappa shape index (κ1) is 18.5. The number of quaternary nitrogens is 1. The van der Waals surface area contributed by atoms with Gasteiger partial charge in [-0.2, -0.15) is 0 Å². The van der Waals surface area contributed by atoms with Crippen molar-refractivity contribution in [2.75, 3.05) is 20.2 Å². The minimum atomic E-state index is -0.494. The molecule has 0 saturated carbocycles. The van der Waals surface area contributed by atoms with E-state index in [9.17, 15) is 9.59 Å². The van der Waals surface area contributed by atoms with Crippen molar-refractivity contribution in [3.63, 3.8) is 0 Å². The van der Waals surface area contributed by atoms with Crippen LogP contribution < -0.4 is 15.5 Å². The van der Waals surface area contributed by atoms with E-state index < -0.39 is 12.0 Å². The van der Waals surface area contributed by atoms with Crippen molar-refractivity contribution in [3.05, 3.63) is 46.7 Å². The molecule has 140 valence electrons. The molecule has 0 aliphatic carbocycles. The van der Waals surface area contributed by atoms with Crippen molar-refractivity contribution >= 4 is 12.0 Å². The first-order valence-electron chi connectivity index (χ1n) is 9.30. The van der Waals surface area contributed by atoms with E-state index in [2.05, 4.69) is 17.6 Å². The molecule has 1 aromatic rings. The number of carbonyl (C=O) groups is 2. The number of hydrogen-bond acceptors (Lipinski definition) is 3. The number of esters is 1. The third-order valence-electron chi connectivity index (χ3n) is 5.54. The first-order valence-corrected chi connectivity index (χ1v) is 9.30. The van der Waals surface area contributed by atoms with Crippen LogP contribution in [0, 0.1) is 6.92 Å². The van der Waals surface area contributed by atoms with E-state index in [-0.39, 0.29) is 6.03 Å². The van der Waals surface area contributed by atoms with E-state index in [1.54, 1.807) is 0 Å². The van der Waals surface area contributed by atoms with Crippen molar-refractivity contribution in [1.82, 2.24) is 10.6 Å². The fraction of sp³-hybridized carbons (Fsp3) is 0.500. The van der Waals surface area contributed by atoms with E-state index >= 15 is 0 Å². The lowest BCUT2D eigenvalue weighted by atomic mass is 9.91. The van der Waals surface area contributed by atoms with Gasteiger partial charge in [0.1, 0.15) is 6.54 Å². The molecule has 0 bridgehead atoms. The molecule has 2 heterocycles. The normalized spacial score (nSPS) is 26.1. The number of aryl methyl sites for hydroxylation is 1. The van der Waals surface area contributed by atoms with Crippen LogP contribution in [0.4, 0.5) is 4.79 Å². The number of benzene rings is 1. The number of ether oxygens (including phenoxy) is 1. The van der Waals surface area contributed by atoms with Gasteiger partial charge >= 0.3 is 12.0 Å². The van der Waals surface area contributed by atoms with Crippen LogP contribution >= 0.6 is 0 Å². The van der Waals surface area contributed by atoms with Crippen molar-refractivity contribution < 1.29 is 19.2 Å². The van der Waals surface area contributed by atoms with Crippen LogP contribution in [-0.4, -0.2) is 38.2 Å². The molecule has 6 nitrogen and oxygen atoms in total. The Morgan fingerprint density at radius 2 is 2.08 bits per heavy atom. The topological polar surface area (TPSA) is 71.9 Å². The van der Waals surface area contributed by atoms with E-state index in [1.165, 1.54) is 31.3 Å². The van der Waals surface area contributed by atoms with Crippen LogP contribution in [0.3, 0.4) is 0 Å². The average molecular weight is 358 g/mol. The summed E-state index contributed by atoms with van der Waals surface area (Å²) in [6, 6.07) is 7.54. The Morgan fingerprint density at radius 1 is 1.31 bits per heavy atom.